The van der Waals surface area contributed by atoms with E-state index < -0.39 is 0 Å². The number of likely N-dealkylation sites (tertiary alicyclic amines) is 1. The highest BCUT2D eigenvalue weighted by Crippen LogP contribution is 2.23. The van der Waals surface area contributed by atoms with E-state index in [-0.39, 0.29) is 0 Å². The van der Waals surface area contributed by atoms with Crippen molar-refractivity contribution in [3.8, 4) is 0 Å². The smallest absolute Gasteiger partial charge is 0.00755 e. The third-order valence-corrected chi connectivity index (χ3v) is 3.39. The first-order chi connectivity index (χ1) is 5.58. The van der Waals surface area contributed by atoms with E-state index in [1.54, 1.807) is 0 Å². The first-order valence-electron chi connectivity index (χ1n) is 4.94. The molecule has 1 nitrogen and oxygen atoms in total. The van der Waals surface area contributed by atoms with Gasteiger partial charge in [0.15, 0.2) is 0 Å². The first-order valence-corrected chi connectivity index (χ1v) is 5.93. The zero-order valence-electron chi connectivity index (χ0n) is 8.60. The lowest BCUT2D eigenvalue weighted by Crippen LogP contribution is -2.23. The normalized spacial score (nSPS) is 20.2. The SMILES string of the molecule is CC(C)(C)SCCN1CCCC1. The molecule has 1 aliphatic heterocycles. The van der Waals surface area contributed by atoms with Crippen molar-refractivity contribution >= 4 is 11.8 Å². The fourth-order valence-corrected chi connectivity index (χ4v) is 2.45. The quantitative estimate of drug-likeness (QED) is 0.668. The molecule has 1 fully saturated rings. The number of rotatable bonds is 3. The van der Waals surface area contributed by atoms with Crippen molar-refractivity contribution in [1.29, 1.82) is 0 Å². The lowest BCUT2D eigenvalue weighted by molar-refractivity contribution is 0.361. The van der Waals surface area contributed by atoms with Gasteiger partial charge in [0.2, 0.25) is 0 Å². The average molecular weight is 187 g/mol. The van der Waals surface area contributed by atoms with Crippen molar-refractivity contribution in [3.05, 3.63) is 0 Å². The second-order valence-electron chi connectivity index (χ2n) is 4.51. The van der Waals surface area contributed by atoms with E-state index in [0.717, 1.165) is 0 Å². The van der Waals surface area contributed by atoms with Gasteiger partial charge in [-0.2, -0.15) is 11.8 Å². The maximum atomic E-state index is 2.58. The summed E-state index contributed by atoms with van der Waals surface area (Å²) in [7, 11) is 0. The van der Waals surface area contributed by atoms with Gasteiger partial charge in [0.25, 0.3) is 0 Å². The highest BCUT2D eigenvalue weighted by Gasteiger charge is 2.14. The van der Waals surface area contributed by atoms with E-state index in [1.807, 2.05) is 0 Å². The predicted octanol–water partition coefficient (Wildman–Crippen LogP) is 2.61. The highest BCUT2D eigenvalue weighted by atomic mass is 32.2. The molecule has 1 aliphatic rings. The zero-order chi connectivity index (χ0) is 9.03. The molecule has 0 N–H and O–H groups in total. The molecule has 0 aromatic rings. The summed E-state index contributed by atoms with van der Waals surface area (Å²) in [6, 6.07) is 0. The van der Waals surface area contributed by atoms with Crippen LogP contribution in [-0.2, 0) is 0 Å². The molecule has 0 aliphatic carbocycles. The summed E-state index contributed by atoms with van der Waals surface area (Å²) in [5, 5.41) is 0. The standard InChI is InChI=1S/C10H21NS/c1-10(2,3)12-9-8-11-6-4-5-7-11/h4-9H2,1-3H3. The summed E-state index contributed by atoms with van der Waals surface area (Å²) >= 11 is 2.08. The van der Waals surface area contributed by atoms with E-state index in [2.05, 4.69) is 37.4 Å². The number of hydrogen-bond acceptors (Lipinski definition) is 2. The second kappa shape index (κ2) is 4.52. The molecule has 0 aromatic carbocycles. The molecule has 0 atom stereocenters. The van der Waals surface area contributed by atoms with Gasteiger partial charge >= 0.3 is 0 Å². The van der Waals surface area contributed by atoms with Crippen LogP contribution < -0.4 is 0 Å². The Labute approximate surface area is 80.9 Å². The Morgan fingerprint density at radius 3 is 2.25 bits per heavy atom. The van der Waals surface area contributed by atoms with Crippen LogP contribution in [0.25, 0.3) is 0 Å². The number of nitrogens with zero attached hydrogens (tertiary/aromatic N) is 1. The number of thioether (sulfide) groups is 1. The molecule has 1 heterocycles. The Bertz CT molecular complexity index is 122. The molecule has 2 heteroatoms. The summed E-state index contributed by atoms with van der Waals surface area (Å²) in [6.45, 7) is 10.8. The maximum Gasteiger partial charge on any atom is 0.00755 e. The van der Waals surface area contributed by atoms with Gasteiger partial charge in [-0.1, -0.05) is 20.8 Å². The van der Waals surface area contributed by atoms with Crippen molar-refractivity contribution in [1.82, 2.24) is 4.90 Å². The Kier molecular flexibility index (Phi) is 3.91. The molecule has 0 amide bonds. The van der Waals surface area contributed by atoms with Crippen LogP contribution in [0.3, 0.4) is 0 Å². The molecular weight excluding hydrogens is 166 g/mol. The molecule has 0 radical (unpaired) electrons. The summed E-state index contributed by atoms with van der Waals surface area (Å²) < 4.78 is 0.444. The van der Waals surface area contributed by atoms with E-state index in [0.29, 0.717) is 4.75 Å². The Hall–Kier alpha value is 0.310. The van der Waals surface area contributed by atoms with Gasteiger partial charge in [0.1, 0.15) is 0 Å². The lowest BCUT2D eigenvalue weighted by atomic mass is 10.3. The minimum absolute atomic E-state index is 0.444. The topological polar surface area (TPSA) is 3.24 Å². The molecule has 0 aromatic heterocycles. The van der Waals surface area contributed by atoms with Crippen LogP contribution in [-0.4, -0.2) is 35.0 Å². The average Bonchev–Trinajstić information content (AvgIpc) is 2.36. The van der Waals surface area contributed by atoms with Gasteiger partial charge in [0.05, 0.1) is 0 Å². The molecule has 72 valence electrons. The molecular formula is C10H21NS. The predicted molar refractivity (Wildman–Crippen MR) is 57.9 cm³/mol. The summed E-state index contributed by atoms with van der Waals surface area (Å²) in [5.41, 5.74) is 0. The van der Waals surface area contributed by atoms with Crippen LogP contribution in [0.5, 0.6) is 0 Å². The molecule has 0 unspecified atom stereocenters. The summed E-state index contributed by atoms with van der Waals surface area (Å²) in [4.78, 5) is 2.58. The second-order valence-corrected chi connectivity index (χ2v) is 6.43. The highest BCUT2D eigenvalue weighted by molar-refractivity contribution is 8.00. The summed E-state index contributed by atoms with van der Waals surface area (Å²) in [5.74, 6) is 1.30. The molecule has 12 heavy (non-hydrogen) atoms. The molecule has 0 spiro atoms. The van der Waals surface area contributed by atoms with Crippen LogP contribution >= 0.6 is 11.8 Å². The molecule has 0 saturated carbocycles. The van der Waals surface area contributed by atoms with Gasteiger partial charge < -0.3 is 4.90 Å². The Balaban J connectivity index is 2.02. The lowest BCUT2D eigenvalue weighted by Gasteiger charge is -2.20. The van der Waals surface area contributed by atoms with Crippen molar-refractivity contribution in [2.45, 2.75) is 38.4 Å². The third-order valence-electron chi connectivity index (χ3n) is 2.14. The minimum atomic E-state index is 0.444. The minimum Gasteiger partial charge on any atom is -0.303 e. The zero-order valence-corrected chi connectivity index (χ0v) is 9.41. The Morgan fingerprint density at radius 2 is 1.75 bits per heavy atom. The van der Waals surface area contributed by atoms with E-state index in [9.17, 15) is 0 Å². The van der Waals surface area contributed by atoms with Crippen LogP contribution in [0, 0.1) is 0 Å². The van der Waals surface area contributed by atoms with Gasteiger partial charge in [-0.15, -0.1) is 0 Å². The molecule has 0 bridgehead atoms. The van der Waals surface area contributed by atoms with Gasteiger partial charge in [-0.25, -0.2) is 0 Å². The van der Waals surface area contributed by atoms with Crippen molar-refractivity contribution in [2.24, 2.45) is 0 Å². The van der Waals surface area contributed by atoms with Crippen molar-refractivity contribution in [2.75, 3.05) is 25.4 Å². The van der Waals surface area contributed by atoms with Crippen molar-refractivity contribution in [3.63, 3.8) is 0 Å². The van der Waals surface area contributed by atoms with Gasteiger partial charge in [-0.05, 0) is 25.9 Å². The molecule has 1 rings (SSSR count). The fourth-order valence-electron chi connectivity index (χ4n) is 1.49. The monoisotopic (exact) mass is 187 g/mol. The largest absolute Gasteiger partial charge is 0.303 e. The third kappa shape index (κ3) is 4.36. The van der Waals surface area contributed by atoms with Crippen LogP contribution in [0.1, 0.15) is 33.6 Å². The maximum absolute atomic E-state index is 2.58. The van der Waals surface area contributed by atoms with Crippen LogP contribution in [0.15, 0.2) is 0 Å². The van der Waals surface area contributed by atoms with E-state index in [1.165, 1.54) is 38.2 Å². The molecule has 1 saturated heterocycles. The van der Waals surface area contributed by atoms with Crippen LogP contribution in [0.4, 0.5) is 0 Å². The van der Waals surface area contributed by atoms with E-state index in [4.69, 9.17) is 0 Å². The summed E-state index contributed by atoms with van der Waals surface area (Å²) in [6.07, 6.45) is 2.83. The fraction of sp³-hybridized carbons (Fsp3) is 1.00. The number of hydrogen-bond donors (Lipinski definition) is 0. The Morgan fingerprint density at radius 1 is 1.17 bits per heavy atom. The van der Waals surface area contributed by atoms with E-state index >= 15 is 0 Å². The van der Waals surface area contributed by atoms with Gasteiger partial charge in [0, 0.05) is 17.0 Å². The van der Waals surface area contributed by atoms with Crippen LogP contribution in [0.2, 0.25) is 0 Å². The van der Waals surface area contributed by atoms with Gasteiger partial charge in [-0.3, -0.25) is 0 Å². The first kappa shape index (κ1) is 10.4. The van der Waals surface area contributed by atoms with Crippen molar-refractivity contribution < 1.29 is 0 Å².